The number of aliphatic hydroxyl groups is 1. The summed E-state index contributed by atoms with van der Waals surface area (Å²) < 4.78 is 1.56. The van der Waals surface area contributed by atoms with Gasteiger partial charge in [-0.25, -0.2) is 4.68 Å². The molecule has 0 saturated heterocycles. The number of carboxylic acids is 1. The molecular weight excluding hydrogens is 198 g/mol. The molecule has 1 aromatic heterocycles. The Balaban J connectivity index is 3.00. The maximum atomic E-state index is 10.6. The van der Waals surface area contributed by atoms with Crippen LogP contribution in [0.3, 0.4) is 0 Å². The van der Waals surface area contributed by atoms with Crippen LogP contribution in [0.4, 0.5) is 0 Å². The summed E-state index contributed by atoms with van der Waals surface area (Å²) in [5, 5.41) is 25.1. The summed E-state index contributed by atoms with van der Waals surface area (Å²) in [6.45, 7) is 4.20. The standard InChI is InChI=1S/C9H15N3O3/c1-6(2)9-7(5-8(14)15)10-11-12(9)3-4-13/h6,13H,3-5H2,1-2H3,(H,14,15). The first kappa shape index (κ1) is 11.6. The zero-order valence-corrected chi connectivity index (χ0v) is 8.84. The van der Waals surface area contributed by atoms with Crippen LogP contribution in [-0.4, -0.2) is 37.8 Å². The highest BCUT2D eigenvalue weighted by Crippen LogP contribution is 2.17. The van der Waals surface area contributed by atoms with Crippen molar-refractivity contribution in [3.8, 4) is 0 Å². The molecule has 1 rings (SSSR count). The van der Waals surface area contributed by atoms with Gasteiger partial charge in [-0.3, -0.25) is 4.79 Å². The number of aliphatic carboxylic acids is 1. The van der Waals surface area contributed by atoms with Gasteiger partial charge in [0, 0.05) is 0 Å². The third kappa shape index (κ3) is 2.76. The number of hydrogen-bond donors (Lipinski definition) is 2. The van der Waals surface area contributed by atoms with E-state index in [9.17, 15) is 4.79 Å². The predicted molar refractivity (Wildman–Crippen MR) is 52.5 cm³/mol. The Hall–Kier alpha value is -1.43. The summed E-state index contributed by atoms with van der Waals surface area (Å²) in [6, 6.07) is 0. The Bertz CT molecular complexity index is 346. The molecule has 0 bridgehead atoms. The number of aromatic nitrogens is 3. The molecule has 6 nitrogen and oxygen atoms in total. The number of aliphatic hydroxyl groups excluding tert-OH is 1. The third-order valence-electron chi connectivity index (χ3n) is 2.02. The SMILES string of the molecule is CC(C)c1c(CC(=O)O)nnn1CCO. The van der Waals surface area contributed by atoms with Crippen LogP contribution >= 0.6 is 0 Å². The Kier molecular flexibility index (Phi) is 3.79. The fraction of sp³-hybridized carbons (Fsp3) is 0.667. The van der Waals surface area contributed by atoms with E-state index in [0.29, 0.717) is 12.2 Å². The lowest BCUT2D eigenvalue weighted by atomic mass is 10.1. The predicted octanol–water partition coefficient (Wildman–Crippen LogP) is 0.0209. The second kappa shape index (κ2) is 4.88. The summed E-state index contributed by atoms with van der Waals surface area (Å²) >= 11 is 0. The average Bonchev–Trinajstić information content (AvgIpc) is 2.47. The molecule has 1 heterocycles. The molecule has 0 aliphatic heterocycles. The molecule has 0 amide bonds. The van der Waals surface area contributed by atoms with Crippen molar-refractivity contribution in [2.45, 2.75) is 32.7 Å². The van der Waals surface area contributed by atoms with Gasteiger partial charge in [-0.15, -0.1) is 5.10 Å². The molecule has 0 aliphatic carbocycles. The van der Waals surface area contributed by atoms with Gasteiger partial charge in [0.15, 0.2) is 0 Å². The lowest BCUT2D eigenvalue weighted by Crippen LogP contribution is -2.11. The van der Waals surface area contributed by atoms with E-state index in [1.165, 1.54) is 0 Å². The van der Waals surface area contributed by atoms with Gasteiger partial charge in [0.25, 0.3) is 0 Å². The fourth-order valence-electron chi connectivity index (χ4n) is 1.52. The van der Waals surface area contributed by atoms with Crippen LogP contribution in [0.1, 0.15) is 31.2 Å². The van der Waals surface area contributed by atoms with Crippen LogP contribution in [0.15, 0.2) is 0 Å². The van der Waals surface area contributed by atoms with Crippen molar-refractivity contribution in [1.29, 1.82) is 0 Å². The van der Waals surface area contributed by atoms with Gasteiger partial charge in [0.1, 0.15) is 0 Å². The van der Waals surface area contributed by atoms with Crippen molar-refractivity contribution in [2.75, 3.05) is 6.61 Å². The lowest BCUT2D eigenvalue weighted by molar-refractivity contribution is -0.136. The zero-order chi connectivity index (χ0) is 11.4. The molecule has 0 saturated carbocycles. The van der Waals surface area contributed by atoms with Crippen molar-refractivity contribution >= 4 is 5.97 Å². The van der Waals surface area contributed by atoms with E-state index in [-0.39, 0.29) is 18.9 Å². The summed E-state index contributed by atoms with van der Waals surface area (Å²) in [4.78, 5) is 10.6. The molecule has 0 aliphatic rings. The second-order valence-electron chi connectivity index (χ2n) is 3.59. The van der Waals surface area contributed by atoms with Gasteiger partial charge < -0.3 is 10.2 Å². The van der Waals surface area contributed by atoms with Crippen LogP contribution in [-0.2, 0) is 17.8 Å². The molecule has 0 spiro atoms. The fourth-order valence-corrected chi connectivity index (χ4v) is 1.52. The van der Waals surface area contributed by atoms with Crippen molar-refractivity contribution in [3.05, 3.63) is 11.4 Å². The maximum Gasteiger partial charge on any atom is 0.309 e. The summed E-state index contributed by atoms with van der Waals surface area (Å²) in [7, 11) is 0. The van der Waals surface area contributed by atoms with Crippen LogP contribution in [0, 0.1) is 0 Å². The molecule has 0 fully saturated rings. The van der Waals surface area contributed by atoms with Crippen molar-refractivity contribution < 1.29 is 15.0 Å². The first-order valence-corrected chi connectivity index (χ1v) is 4.81. The number of hydrogen-bond acceptors (Lipinski definition) is 4. The van der Waals surface area contributed by atoms with Crippen molar-refractivity contribution in [2.24, 2.45) is 0 Å². The van der Waals surface area contributed by atoms with E-state index in [4.69, 9.17) is 10.2 Å². The minimum Gasteiger partial charge on any atom is -0.481 e. The molecule has 0 radical (unpaired) electrons. The smallest absolute Gasteiger partial charge is 0.309 e. The highest BCUT2D eigenvalue weighted by atomic mass is 16.4. The van der Waals surface area contributed by atoms with E-state index in [1.54, 1.807) is 4.68 Å². The first-order valence-electron chi connectivity index (χ1n) is 4.81. The van der Waals surface area contributed by atoms with Crippen molar-refractivity contribution in [3.63, 3.8) is 0 Å². The van der Waals surface area contributed by atoms with Crippen molar-refractivity contribution in [1.82, 2.24) is 15.0 Å². The largest absolute Gasteiger partial charge is 0.481 e. The molecule has 84 valence electrons. The third-order valence-corrected chi connectivity index (χ3v) is 2.02. The topological polar surface area (TPSA) is 88.2 Å². The summed E-state index contributed by atoms with van der Waals surface area (Å²) in [6.07, 6.45) is -0.126. The van der Waals surface area contributed by atoms with Gasteiger partial charge >= 0.3 is 5.97 Å². The van der Waals surface area contributed by atoms with Crippen LogP contribution in [0.5, 0.6) is 0 Å². The molecule has 6 heteroatoms. The second-order valence-corrected chi connectivity index (χ2v) is 3.59. The Morgan fingerprint density at radius 1 is 1.53 bits per heavy atom. The van der Waals surface area contributed by atoms with Gasteiger partial charge in [0.05, 0.1) is 31.0 Å². The summed E-state index contributed by atoms with van der Waals surface area (Å²) in [5.41, 5.74) is 1.26. The summed E-state index contributed by atoms with van der Waals surface area (Å²) in [5.74, 6) is -0.783. The Morgan fingerprint density at radius 3 is 2.67 bits per heavy atom. The number of carboxylic acid groups (broad SMARTS) is 1. The van der Waals surface area contributed by atoms with Gasteiger partial charge in [0.2, 0.25) is 0 Å². The Morgan fingerprint density at radius 2 is 2.20 bits per heavy atom. The van der Waals surface area contributed by atoms with Gasteiger partial charge in [-0.05, 0) is 5.92 Å². The van der Waals surface area contributed by atoms with Crippen LogP contribution in [0.25, 0.3) is 0 Å². The van der Waals surface area contributed by atoms with E-state index >= 15 is 0 Å². The number of nitrogens with zero attached hydrogens (tertiary/aromatic N) is 3. The molecule has 2 N–H and O–H groups in total. The average molecular weight is 213 g/mol. The normalized spacial score (nSPS) is 10.9. The van der Waals surface area contributed by atoms with Crippen LogP contribution in [0.2, 0.25) is 0 Å². The molecule has 0 unspecified atom stereocenters. The highest BCUT2D eigenvalue weighted by molar-refractivity contribution is 5.69. The van der Waals surface area contributed by atoms with E-state index in [0.717, 1.165) is 5.69 Å². The molecule has 0 atom stereocenters. The molecular formula is C9H15N3O3. The zero-order valence-electron chi connectivity index (χ0n) is 8.84. The quantitative estimate of drug-likeness (QED) is 0.720. The molecule has 1 aromatic rings. The number of rotatable bonds is 5. The monoisotopic (exact) mass is 213 g/mol. The van der Waals surface area contributed by atoms with Gasteiger partial charge in [-0.1, -0.05) is 19.1 Å². The molecule has 15 heavy (non-hydrogen) atoms. The minimum atomic E-state index is -0.923. The maximum absolute atomic E-state index is 10.6. The lowest BCUT2D eigenvalue weighted by Gasteiger charge is -2.08. The minimum absolute atomic E-state index is 0.0322. The highest BCUT2D eigenvalue weighted by Gasteiger charge is 2.17. The van der Waals surface area contributed by atoms with Crippen LogP contribution < -0.4 is 0 Å². The molecule has 0 aromatic carbocycles. The van der Waals surface area contributed by atoms with E-state index < -0.39 is 5.97 Å². The number of carbonyl (C=O) groups is 1. The van der Waals surface area contributed by atoms with E-state index in [1.807, 2.05) is 13.8 Å². The Labute approximate surface area is 87.5 Å². The first-order chi connectivity index (χ1) is 7.06. The van der Waals surface area contributed by atoms with E-state index in [2.05, 4.69) is 10.3 Å². The van der Waals surface area contributed by atoms with Gasteiger partial charge in [-0.2, -0.15) is 0 Å².